The largest absolute Gasteiger partial charge is 0.497 e. The molecule has 0 radical (unpaired) electrons. The van der Waals surface area contributed by atoms with E-state index >= 15 is 0 Å². The number of oxime groups is 1. The van der Waals surface area contributed by atoms with Crippen molar-refractivity contribution in [2.24, 2.45) is 10.6 Å². The minimum Gasteiger partial charge on any atom is -0.497 e. The fraction of sp³-hybridized carbons (Fsp3) is 0.400. The van der Waals surface area contributed by atoms with Crippen LogP contribution in [-0.2, 0) is 6.42 Å². The number of aromatic nitrogens is 1. The molecule has 0 bridgehead atoms. The lowest BCUT2D eigenvalue weighted by molar-refractivity contribution is 0.305. The summed E-state index contributed by atoms with van der Waals surface area (Å²) in [6.45, 7) is 4.22. The van der Waals surface area contributed by atoms with Gasteiger partial charge in [0.25, 0.3) is 0 Å². The highest BCUT2D eigenvalue weighted by atomic mass is 16.5. The van der Waals surface area contributed by atoms with Crippen LogP contribution in [-0.4, -0.2) is 23.0 Å². The maximum Gasteiger partial charge on any atom is 0.119 e. The van der Waals surface area contributed by atoms with E-state index in [1.807, 2.05) is 18.2 Å². The topological polar surface area (TPSA) is 57.6 Å². The molecule has 0 fully saturated rings. The van der Waals surface area contributed by atoms with E-state index in [1.165, 1.54) is 5.56 Å². The summed E-state index contributed by atoms with van der Waals surface area (Å²) in [4.78, 5) is 3.38. The van der Waals surface area contributed by atoms with Crippen molar-refractivity contribution in [3.8, 4) is 5.75 Å². The van der Waals surface area contributed by atoms with Gasteiger partial charge in [-0.3, -0.25) is 0 Å². The highest BCUT2D eigenvalue weighted by molar-refractivity contribution is 6.09. The minimum atomic E-state index is -0.104. The number of ether oxygens (including phenoxy) is 1. The number of nitrogens with one attached hydrogen (secondary N) is 1. The first-order valence-corrected chi connectivity index (χ1v) is 6.48. The Morgan fingerprint density at radius 3 is 2.84 bits per heavy atom. The molecule has 1 aromatic heterocycles. The van der Waals surface area contributed by atoms with E-state index < -0.39 is 0 Å². The highest BCUT2D eigenvalue weighted by Crippen LogP contribution is 2.39. The predicted molar refractivity (Wildman–Crippen MR) is 75.3 cm³/mol. The van der Waals surface area contributed by atoms with Gasteiger partial charge in [-0.25, -0.2) is 0 Å². The van der Waals surface area contributed by atoms with Gasteiger partial charge in [-0.2, -0.15) is 0 Å². The number of benzene rings is 1. The SMILES string of the molecule is COc1ccc2[nH]c3c(c2c1)CCC(C)(C)/C3=N\O. The normalized spacial score (nSPS) is 19.6. The van der Waals surface area contributed by atoms with Gasteiger partial charge in [0.2, 0.25) is 0 Å². The van der Waals surface area contributed by atoms with Gasteiger partial charge in [-0.05, 0) is 36.6 Å². The van der Waals surface area contributed by atoms with Crippen LogP contribution in [0.25, 0.3) is 10.9 Å². The van der Waals surface area contributed by atoms with Crippen LogP contribution < -0.4 is 4.74 Å². The van der Waals surface area contributed by atoms with Crippen LogP contribution in [0.3, 0.4) is 0 Å². The lowest BCUT2D eigenvalue weighted by Gasteiger charge is -2.30. The van der Waals surface area contributed by atoms with Gasteiger partial charge in [-0.1, -0.05) is 19.0 Å². The number of H-pyrrole nitrogens is 1. The number of nitrogens with zero attached hydrogens (tertiary/aromatic N) is 1. The van der Waals surface area contributed by atoms with Crippen LogP contribution in [0.15, 0.2) is 23.4 Å². The molecule has 0 aliphatic heterocycles. The predicted octanol–water partition coefficient (Wildman–Crippen LogP) is 3.33. The maximum atomic E-state index is 9.34. The Bertz CT molecular complexity index is 668. The number of hydrogen-bond acceptors (Lipinski definition) is 3. The van der Waals surface area contributed by atoms with Crippen LogP contribution in [0.4, 0.5) is 0 Å². The van der Waals surface area contributed by atoms with Gasteiger partial charge in [0, 0.05) is 16.3 Å². The molecule has 1 aromatic carbocycles. The van der Waals surface area contributed by atoms with Gasteiger partial charge in [0.1, 0.15) is 11.5 Å². The first kappa shape index (κ1) is 12.1. The maximum absolute atomic E-state index is 9.34. The molecule has 0 atom stereocenters. The summed E-state index contributed by atoms with van der Waals surface area (Å²) in [6, 6.07) is 5.98. The molecule has 2 aromatic rings. The lowest BCUT2D eigenvalue weighted by atomic mass is 9.75. The minimum absolute atomic E-state index is 0.104. The van der Waals surface area contributed by atoms with E-state index in [2.05, 4.69) is 24.0 Å². The summed E-state index contributed by atoms with van der Waals surface area (Å²) < 4.78 is 5.28. The van der Waals surface area contributed by atoms with Gasteiger partial charge in [-0.15, -0.1) is 0 Å². The van der Waals surface area contributed by atoms with E-state index in [0.29, 0.717) is 0 Å². The molecule has 1 aliphatic rings. The Morgan fingerprint density at radius 2 is 2.16 bits per heavy atom. The Hall–Kier alpha value is -1.97. The first-order valence-electron chi connectivity index (χ1n) is 6.48. The number of aromatic amines is 1. The van der Waals surface area contributed by atoms with Crippen LogP contribution >= 0.6 is 0 Å². The fourth-order valence-electron chi connectivity index (χ4n) is 2.90. The molecule has 1 aliphatic carbocycles. The summed E-state index contributed by atoms with van der Waals surface area (Å²) in [6.07, 6.45) is 1.96. The smallest absolute Gasteiger partial charge is 0.119 e. The fourth-order valence-corrected chi connectivity index (χ4v) is 2.90. The summed E-state index contributed by atoms with van der Waals surface area (Å²) in [5, 5.41) is 14.0. The molecule has 0 saturated carbocycles. The van der Waals surface area contributed by atoms with Crippen LogP contribution in [0.5, 0.6) is 5.75 Å². The molecule has 0 unspecified atom stereocenters. The highest BCUT2D eigenvalue weighted by Gasteiger charge is 2.35. The van der Waals surface area contributed by atoms with Crippen molar-refractivity contribution >= 4 is 16.6 Å². The van der Waals surface area contributed by atoms with Gasteiger partial charge in [0.05, 0.1) is 12.8 Å². The van der Waals surface area contributed by atoms with Crippen molar-refractivity contribution in [2.45, 2.75) is 26.7 Å². The molecule has 100 valence electrons. The van der Waals surface area contributed by atoms with E-state index in [4.69, 9.17) is 4.74 Å². The Labute approximate surface area is 112 Å². The zero-order valence-corrected chi connectivity index (χ0v) is 11.4. The average Bonchev–Trinajstić information content (AvgIpc) is 2.74. The zero-order chi connectivity index (χ0) is 13.6. The Balaban J connectivity index is 2.26. The van der Waals surface area contributed by atoms with E-state index in [1.54, 1.807) is 7.11 Å². The summed E-state index contributed by atoms with van der Waals surface area (Å²) in [5.41, 5.74) is 3.88. The van der Waals surface area contributed by atoms with Crippen molar-refractivity contribution < 1.29 is 9.94 Å². The molecular formula is C15H18N2O2. The Morgan fingerprint density at radius 1 is 1.37 bits per heavy atom. The molecule has 19 heavy (non-hydrogen) atoms. The monoisotopic (exact) mass is 258 g/mol. The Kier molecular flexibility index (Phi) is 2.55. The standard InChI is InChI=1S/C15H18N2O2/c1-15(2)7-6-10-11-8-9(19-3)4-5-12(11)16-13(10)14(15)17-18/h4-5,8,16,18H,6-7H2,1-3H3/b17-14-. The van der Waals surface area contributed by atoms with E-state index in [0.717, 1.165) is 40.9 Å². The van der Waals surface area contributed by atoms with Gasteiger partial charge >= 0.3 is 0 Å². The summed E-state index contributed by atoms with van der Waals surface area (Å²) in [5.74, 6) is 0.849. The summed E-state index contributed by atoms with van der Waals surface area (Å²) >= 11 is 0. The van der Waals surface area contributed by atoms with Crippen molar-refractivity contribution in [1.29, 1.82) is 0 Å². The molecule has 4 heteroatoms. The third-order valence-electron chi connectivity index (χ3n) is 4.09. The number of rotatable bonds is 1. The molecule has 1 heterocycles. The number of aryl methyl sites for hydroxylation is 1. The third kappa shape index (κ3) is 1.70. The molecule has 2 N–H and O–H groups in total. The third-order valence-corrected chi connectivity index (χ3v) is 4.09. The van der Waals surface area contributed by atoms with Crippen LogP contribution in [0.2, 0.25) is 0 Å². The van der Waals surface area contributed by atoms with Crippen molar-refractivity contribution in [3.05, 3.63) is 29.5 Å². The van der Waals surface area contributed by atoms with Gasteiger partial charge < -0.3 is 14.9 Å². The molecule has 0 saturated heterocycles. The van der Waals surface area contributed by atoms with Crippen molar-refractivity contribution in [3.63, 3.8) is 0 Å². The number of fused-ring (bicyclic) bond motifs is 3. The number of hydrogen-bond donors (Lipinski definition) is 2. The molecule has 0 amide bonds. The van der Waals surface area contributed by atoms with Gasteiger partial charge in [0.15, 0.2) is 0 Å². The summed E-state index contributed by atoms with van der Waals surface area (Å²) in [7, 11) is 1.67. The van der Waals surface area contributed by atoms with Crippen LogP contribution in [0.1, 0.15) is 31.5 Å². The second-order valence-corrected chi connectivity index (χ2v) is 5.72. The zero-order valence-electron chi connectivity index (χ0n) is 11.4. The van der Waals surface area contributed by atoms with Crippen LogP contribution in [0, 0.1) is 5.41 Å². The molecular weight excluding hydrogens is 240 g/mol. The van der Waals surface area contributed by atoms with Crippen molar-refractivity contribution in [1.82, 2.24) is 4.98 Å². The average molecular weight is 258 g/mol. The quantitative estimate of drug-likeness (QED) is 0.609. The first-order chi connectivity index (χ1) is 9.06. The van der Waals surface area contributed by atoms with E-state index in [9.17, 15) is 5.21 Å². The van der Waals surface area contributed by atoms with E-state index in [-0.39, 0.29) is 5.41 Å². The second-order valence-electron chi connectivity index (χ2n) is 5.72. The number of methoxy groups -OCH3 is 1. The molecule has 4 nitrogen and oxygen atoms in total. The molecule has 0 spiro atoms. The molecule has 3 rings (SSSR count). The second kappa shape index (κ2) is 4.02. The van der Waals surface area contributed by atoms with Crippen molar-refractivity contribution in [2.75, 3.05) is 7.11 Å². The lowest BCUT2D eigenvalue weighted by Crippen LogP contribution is -2.31.